The molecule has 0 saturated carbocycles. The number of amides is 1. The molecule has 1 aromatic carbocycles. The van der Waals surface area contributed by atoms with Gasteiger partial charge in [0.2, 0.25) is 0 Å². The van der Waals surface area contributed by atoms with Crippen LogP contribution in [0.15, 0.2) is 18.2 Å². The van der Waals surface area contributed by atoms with Crippen molar-refractivity contribution in [1.29, 1.82) is 0 Å². The zero-order valence-corrected chi connectivity index (χ0v) is 16.3. The van der Waals surface area contributed by atoms with Gasteiger partial charge in [-0.15, -0.1) is 0 Å². The van der Waals surface area contributed by atoms with Gasteiger partial charge in [0.1, 0.15) is 5.82 Å². The van der Waals surface area contributed by atoms with Crippen molar-refractivity contribution >= 4 is 18.5 Å². The predicted molar refractivity (Wildman–Crippen MR) is 100 cm³/mol. The van der Waals surface area contributed by atoms with E-state index in [-0.39, 0.29) is 17.5 Å². The summed E-state index contributed by atoms with van der Waals surface area (Å²) < 4.78 is 26.6. The molecule has 1 unspecified atom stereocenters. The minimum Gasteiger partial charge on any atom is -0.399 e. The first-order valence-electron chi connectivity index (χ1n) is 9.26. The fourth-order valence-electron chi connectivity index (χ4n) is 3.40. The van der Waals surface area contributed by atoms with Gasteiger partial charge in [-0.3, -0.25) is 4.79 Å². The molecular formula is C19H28BFN2O3. The van der Waals surface area contributed by atoms with Crippen LogP contribution in [0.2, 0.25) is 0 Å². The SMILES string of the molecule is CNC1CCCN(C(=O)c2ccc(B3OC(C)(C)C(C)(C)O3)cc2F)C1. The summed E-state index contributed by atoms with van der Waals surface area (Å²) in [6.45, 7) is 9.08. The highest BCUT2D eigenvalue weighted by atomic mass is 19.1. The number of nitrogens with zero attached hydrogens (tertiary/aromatic N) is 1. The highest BCUT2D eigenvalue weighted by molar-refractivity contribution is 6.62. The van der Waals surface area contributed by atoms with E-state index in [1.807, 2.05) is 34.7 Å². The van der Waals surface area contributed by atoms with Crippen molar-refractivity contribution in [3.63, 3.8) is 0 Å². The van der Waals surface area contributed by atoms with E-state index in [9.17, 15) is 9.18 Å². The summed E-state index contributed by atoms with van der Waals surface area (Å²) in [7, 11) is 1.25. The van der Waals surface area contributed by atoms with E-state index in [0.29, 0.717) is 18.6 Å². The first kappa shape index (κ1) is 19.3. The Morgan fingerprint density at radius 2 is 1.92 bits per heavy atom. The predicted octanol–water partition coefficient (Wildman–Crippen LogP) is 1.95. The molecule has 0 spiro atoms. The third kappa shape index (κ3) is 3.52. The lowest BCUT2D eigenvalue weighted by Gasteiger charge is -2.32. The fourth-order valence-corrected chi connectivity index (χ4v) is 3.40. The van der Waals surface area contributed by atoms with Crippen molar-refractivity contribution in [3.05, 3.63) is 29.6 Å². The van der Waals surface area contributed by atoms with Crippen molar-refractivity contribution in [2.45, 2.75) is 57.8 Å². The summed E-state index contributed by atoms with van der Waals surface area (Å²) in [5, 5.41) is 3.20. The minimum atomic E-state index is -0.637. The Balaban J connectivity index is 1.77. The number of benzene rings is 1. The number of hydrogen-bond acceptors (Lipinski definition) is 4. The Labute approximate surface area is 155 Å². The summed E-state index contributed by atoms with van der Waals surface area (Å²) in [6.07, 6.45) is 1.95. The van der Waals surface area contributed by atoms with Gasteiger partial charge in [0.05, 0.1) is 16.8 Å². The number of rotatable bonds is 3. The molecule has 142 valence electrons. The molecule has 1 aromatic rings. The van der Waals surface area contributed by atoms with Crippen molar-refractivity contribution < 1.29 is 18.5 Å². The molecule has 5 nitrogen and oxygen atoms in total. The second-order valence-corrected chi connectivity index (χ2v) is 8.21. The van der Waals surface area contributed by atoms with Crippen LogP contribution in [0.1, 0.15) is 50.9 Å². The van der Waals surface area contributed by atoms with E-state index in [1.165, 1.54) is 6.07 Å². The molecule has 2 heterocycles. The minimum absolute atomic E-state index is 0.0991. The van der Waals surface area contributed by atoms with Crippen LogP contribution >= 0.6 is 0 Å². The van der Waals surface area contributed by atoms with Crippen LogP contribution in [0.5, 0.6) is 0 Å². The third-order valence-corrected chi connectivity index (χ3v) is 5.87. The molecule has 2 aliphatic heterocycles. The molecule has 0 aliphatic carbocycles. The first-order valence-corrected chi connectivity index (χ1v) is 9.26. The number of carbonyl (C=O) groups excluding carboxylic acids is 1. The molecule has 0 bridgehead atoms. The second kappa shape index (κ2) is 6.95. The number of halogens is 1. The van der Waals surface area contributed by atoms with Crippen molar-refractivity contribution in [2.75, 3.05) is 20.1 Å². The largest absolute Gasteiger partial charge is 0.494 e. The molecule has 1 N–H and O–H groups in total. The summed E-state index contributed by atoms with van der Waals surface area (Å²) >= 11 is 0. The van der Waals surface area contributed by atoms with E-state index in [4.69, 9.17) is 9.31 Å². The van der Waals surface area contributed by atoms with Crippen molar-refractivity contribution in [2.24, 2.45) is 0 Å². The summed E-state index contributed by atoms with van der Waals surface area (Å²) in [6, 6.07) is 4.88. The van der Waals surface area contributed by atoms with Gasteiger partial charge in [-0.25, -0.2) is 4.39 Å². The number of likely N-dealkylation sites (N-methyl/N-ethyl adjacent to an activating group) is 1. The van der Waals surface area contributed by atoms with Gasteiger partial charge in [0.25, 0.3) is 5.91 Å². The molecule has 3 rings (SSSR count). The lowest BCUT2D eigenvalue weighted by Crippen LogP contribution is -2.47. The molecular weight excluding hydrogens is 334 g/mol. The van der Waals surface area contributed by atoms with Crippen LogP contribution in [0.3, 0.4) is 0 Å². The maximum atomic E-state index is 14.7. The normalized spacial score (nSPS) is 24.8. The van der Waals surface area contributed by atoms with Crippen LogP contribution in [0, 0.1) is 5.82 Å². The summed E-state index contributed by atoms with van der Waals surface area (Å²) in [4.78, 5) is 14.4. The Bertz CT molecular complexity index is 679. The second-order valence-electron chi connectivity index (χ2n) is 8.21. The average molecular weight is 362 g/mol. The highest BCUT2D eigenvalue weighted by Crippen LogP contribution is 2.36. The van der Waals surface area contributed by atoms with Crippen molar-refractivity contribution in [1.82, 2.24) is 10.2 Å². The fraction of sp³-hybridized carbons (Fsp3) is 0.632. The van der Waals surface area contributed by atoms with Crippen LogP contribution in [-0.4, -0.2) is 55.3 Å². The Morgan fingerprint density at radius 3 is 2.50 bits per heavy atom. The average Bonchev–Trinajstić information content (AvgIpc) is 2.82. The van der Waals surface area contributed by atoms with E-state index in [2.05, 4.69) is 5.32 Å². The standard InChI is InChI=1S/C19H28BFN2O3/c1-18(2)19(3,4)26-20(25-18)13-8-9-15(16(21)11-13)17(24)23-10-6-7-14(12-23)22-5/h8-9,11,14,22H,6-7,10,12H2,1-5H3. The highest BCUT2D eigenvalue weighted by Gasteiger charge is 2.51. The molecule has 2 aliphatic rings. The van der Waals surface area contributed by atoms with Gasteiger partial charge < -0.3 is 19.5 Å². The number of carbonyl (C=O) groups is 1. The molecule has 0 aromatic heterocycles. The van der Waals surface area contributed by atoms with Gasteiger partial charge in [-0.1, -0.05) is 6.07 Å². The molecule has 2 fully saturated rings. The molecule has 26 heavy (non-hydrogen) atoms. The monoisotopic (exact) mass is 362 g/mol. The molecule has 2 saturated heterocycles. The Kier molecular flexibility index (Phi) is 5.16. The number of piperidine rings is 1. The summed E-state index contributed by atoms with van der Waals surface area (Å²) in [5.74, 6) is -0.795. The topological polar surface area (TPSA) is 50.8 Å². The van der Waals surface area contributed by atoms with E-state index in [0.717, 1.165) is 12.8 Å². The first-order chi connectivity index (χ1) is 12.1. The van der Waals surface area contributed by atoms with Gasteiger partial charge >= 0.3 is 7.12 Å². The zero-order valence-electron chi connectivity index (χ0n) is 16.3. The zero-order chi connectivity index (χ0) is 19.1. The van der Waals surface area contributed by atoms with Crippen LogP contribution in [0.4, 0.5) is 4.39 Å². The Hall–Kier alpha value is -1.44. The lowest BCUT2D eigenvalue weighted by atomic mass is 9.78. The molecule has 1 atom stereocenters. The van der Waals surface area contributed by atoms with E-state index in [1.54, 1.807) is 17.0 Å². The van der Waals surface area contributed by atoms with Crippen LogP contribution < -0.4 is 10.8 Å². The Morgan fingerprint density at radius 1 is 1.27 bits per heavy atom. The van der Waals surface area contributed by atoms with Gasteiger partial charge in [-0.05, 0) is 65.2 Å². The molecule has 1 amide bonds. The number of likely N-dealkylation sites (tertiary alicyclic amines) is 1. The summed E-state index contributed by atoms with van der Waals surface area (Å²) in [5.41, 5.74) is -0.288. The van der Waals surface area contributed by atoms with Crippen LogP contribution in [-0.2, 0) is 9.31 Å². The van der Waals surface area contributed by atoms with E-state index >= 15 is 0 Å². The lowest BCUT2D eigenvalue weighted by molar-refractivity contribution is 0.00578. The van der Waals surface area contributed by atoms with E-state index < -0.39 is 24.1 Å². The smallest absolute Gasteiger partial charge is 0.399 e. The molecule has 7 heteroatoms. The molecule has 0 radical (unpaired) electrons. The third-order valence-electron chi connectivity index (χ3n) is 5.87. The maximum Gasteiger partial charge on any atom is 0.494 e. The van der Waals surface area contributed by atoms with Crippen LogP contribution in [0.25, 0.3) is 0 Å². The van der Waals surface area contributed by atoms with Gasteiger partial charge in [0.15, 0.2) is 0 Å². The quantitative estimate of drug-likeness (QED) is 0.836. The van der Waals surface area contributed by atoms with Crippen molar-refractivity contribution in [3.8, 4) is 0 Å². The van der Waals surface area contributed by atoms with Gasteiger partial charge in [-0.2, -0.15) is 0 Å². The number of hydrogen-bond donors (Lipinski definition) is 1. The van der Waals surface area contributed by atoms with Gasteiger partial charge in [0, 0.05) is 19.1 Å². The maximum absolute atomic E-state index is 14.7. The number of nitrogens with one attached hydrogen (secondary N) is 1.